The van der Waals surface area contributed by atoms with Gasteiger partial charge in [-0.3, -0.25) is 9.59 Å². The predicted octanol–water partition coefficient (Wildman–Crippen LogP) is 2.54. The number of carbonyl (C=O) groups is 2. The lowest BCUT2D eigenvalue weighted by Gasteiger charge is -2.44. The number of aromatic nitrogens is 1. The fraction of sp³-hybridized carbons (Fsp3) is 0.722. The maximum atomic E-state index is 13.1. The molecule has 3 heterocycles. The molecule has 3 aliphatic rings. The van der Waals surface area contributed by atoms with E-state index in [0.717, 1.165) is 4.88 Å². The Bertz CT molecular complexity index is 941. The number of alkyl halides is 2. The van der Waals surface area contributed by atoms with Crippen molar-refractivity contribution < 1.29 is 27.3 Å². The summed E-state index contributed by atoms with van der Waals surface area (Å²) in [6.45, 7) is 2.24. The maximum absolute atomic E-state index is 13.1. The molecule has 4 rings (SSSR count). The third-order valence-corrected chi connectivity index (χ3v) is 8.71. The van der Waals surface area contributed by atoms with E-state index in [1.807, 2.05) is 6.92 Å². The first-order valence-corrected chi connectivity index (χ1v) is 12.2. The van der Waals surface area contributed by atoms with Crippen LogP contribution >= 0.6 is 11.5 Å². The third-order valence-electron chi connectivity index (χ3n) is 5.83. The molecule has 29 heavy (non-hydrogen) atoms. The SMILES string of the molecule is Cc1cc(C(=O)N=S2(=O)CCC3(CC2)CC(NC(=O)C2CC2(F)F)CCO3)ns1. The van der Waals surface area contributed by atoms with Crippen molar-refractivity contribution in [3.8, 4) is 0 Å². The van der Waals surface area contributed by atoms with Crippen LogP contribution in [-0.4, -0.2) is 56.1 Å². The summed E-state index contributed by atoms with van der Waals surface area (Å²) >= 11 is 1.20. The molecule has 1 spiro atoms. The van der Waals surface area contributed by atoms with Gasteiger partial charge in [0.2, 0.25) is 5.91 Å². The van der Waals surface area contributed by atoms with Gasteiger partial charge >= 0.3 is 5.91 Å². The molecule has 1 N–H and O–H groups in total. The Kier molecular flexibility index (Phi) is 5.27. The molecule has 1 aliphatic carbocycles. The summed E-state index contributed by atoms with van der Waals surface area (Å²) in [5, 5.41) is 2.73. The molecule has 1 aromatic rings. The Hall–Kier alpha value is -1.46. The van der Waals surface area contributed by atoms with Crippen LogP contribution in [0, 0.1) is 12.8 Å². The molecule has 0 bridgehead atoms. The zero-order valence-electron chi connectivity index (χ0n) is 16.0. The number of amides is 2. The minimum absolute atomic E-state index is 0.212. The van der Waals surface area contributed by atoms with Gasteiger partial charge in [0.1, 0.15) is 11.6 Å². The number of rotatable bonds is 3. The van der Waals surface area contributed by atoms with Crippen molar-refractivity contribution in [2.75, 3.05) is 18.1 Å². The molecule has 1 saturated carbocycles. The summed E-state index contributed by atoms with van der Waals surface area (Å²) in [6.07, 6.45) is 1.57. The summed E-state index contributed by atoms with van der Waals surface area (Å²) in [6, 6.07) is 1.39. The minimum atomic E-state index is -2.88. The van der Waals surface area contributed by atoms with Gasteiger partial charge in [0.15, 0.2) is 0 Å². The van der Waals surface area contributed by atoms with Crippen LogP contribution in [0.2, 0.25) is 0 Å². The molecule has 1 aromatic heterocycles. The zero-order chi connectivity index (χ0) is 20.9. The van der Waals surface area contributed by atoms with Gasteiger partial charge in [-0.1, -0.05) is 0 Å². The molecule has 2 atom stereocenters. The van der Waals surface area contributed by atoms with Crippen molar-refractivity contribution >= 4 is 33.1 Å². The molecule has 0 radical (unpaired) electrons. The first-order valence-electron chi connectivity index (χ1n) is 9.62. The maximum Gasteiger partial charge on any atom is 0.304 e. The molecular formula is C18H23F2N3O4S2. The fourth-order valence-corrected chi connectivity index (χ4v) is 6.68. The third kappa shape index (κ3) is 4.51. The number of hydrogen-bond donors (Lipinski definition) is 1. The molecule has 11 heteroatoms. The molecule has 3 fully saturated rings. The number of hydrogen-bond acceptors (Lipinski definition) is 6. The quantitative estimate of drug-likeness (QED) is 0.768. The highest BCUT2D eigenvalue weighted by Crippen LogP contribution is 2.49. The van der Waals surface area contributed by atoms with E-state index >= 15 is 0 Å². The molecule has 0 aromatic carbocycles. The molecular weight excluding hydrogens is 424 g/mol. The molecule has 160 valence electrons. The number of halogens is 2. The van der Waals surface area contributed by atoms with Gasteiger partial charge in [-0.2, -0.15) is 8.74 Å². The van der Waals surface area contributed by atoms with Crippen molar-refractivity contribution in [1.82, 2.24) is 9.69 Å². The lowest BCUT2D eigenvalue weighted by atomic mass is 9.85. The average Bonchev–Trinajstić information content (AvgIpc) is 3.07. The monoisotopic (exact) mass is 447 g/mol. The summed E-state index contributed by atoms with van der Waals surface area (Å²) in [7, 11) is -2.69. The second kappa shape index (κ2) is 7.35. The van der Waals surface area contributed by atoms with Gasteiger partial charge < -0.3 is 10.1 Å². The lowest BCUT2D eigenvalue weighted by Crippen LogP contribution is -2.52. The highest BCUT2D eigenvalue weighted by Gasteiger charge is 2.61. The van der Waals surface area contributed by atoms with Crippen molar-refractivity contribution in [2.45, 2.75) is 56.6 Å². The normalized spacial score (nSPS) is 35.8. The van der Waals surface area contributed by atoms with Crippen molar-refractivity contribution in [3.05, 3.63) is 16.6 Å². The Morgan fingerprint density at radius 3 is 2.62 bits per heavy atom. The number of aryl methyl sites for hydroxylation is 1. The Morgan fingerprint density at radius 2 is 2.03 bits per heavy atom. The van der Waals surface area contributed by atoms with Gasteiger partial charge in [0.25, 0.3) is 5.92 Å². The van der Waals surface area contributed by atoms with Crippen LogP contribution in [0.3, 0.4) is 0 Å². The first kappa shape index (κ1) is 20.8. The van der Waals surface area contributed by atoms with Crippen LogP contribution in [0.1, 0.15) is 47.5 Å². The number of ether oxygens (including phenoxy) is 1. The number of carbonyl (C=O) groups excluding carboxylic acids is 2. The van der Waals surface area contributed by atoms with Gasteiger partial charge in [0, 0.05) is 35.5 Å². The standard InChI is InChI=1S/C18H23F2N3O4S2/c1-11-8-14(22-28-11)16(25)23-29(26)6-3-17(4-7-29)9-12(2-5-27-17)21-15(24)13-10-18(13,19)20/h8,12-13H,2-7,9-10H2,1H3,(H,21,24). The highest BCUT2D eigenvalue weighted by atomic mass is 32.2. The van der Waals surface area contributed by atoms with E-state index in [2.05, 4.69) is 14.1 Å². The molecule has 2 saturated heterocycles. The van der Waals surface area contributed by atoms with Crippen molar-refractivity contribution in [2.24, 2.45) is 10.3 Å². The van der Waals surface area contributed by atoms with E-state index in [1.165, 1.54) is 11.5 Å². The lowest BCUT2D eigenvalue weighted by molar-refractivity contribution is -0.129. The molecule has 7 nitrogen and oxygen atoms in total. The summed E-state index contributed by atoms with van der Waals surface area (Å²) in [4.78, 5) is 25.1. The molecule has 2 unspecified atom stereocenters. The van der Waals surface area contributed by atoms with Crippen LogP contribution in [0.15, 0.2) is 10.4 Å². The number of nitrogens with one attached hydrogen (secondary N) is 1. The van der Waals surface area contributed by atoms with E-state index in [1.54, 1.807) is 6.07 Å². The van der Waals surface area contributed by atoms with E-state index in [-0.39, 0.29) is 29.7 Å². The highest BCUT2D eigenvalue weighted by molar-refractivity contribution is 7.93. The van der Waals surface area contributed by atoms with E-state index in [9.17, 15) is 22.6 Å². The number of nitrogens with zero attached hydrogens (tertiary/aromatic N) is 2. The Balaban J connectivity index is 1.37. The predicted molar refractivity (Wildman–Crippen MR) is 104 cm³/mol. The van der Waals surface area contributed by atoms with Gasteiger partial charge in [-0.05, 0) is 50.2 Å². The molecule has 2 aliphatic heterocycles. The average molecular weight is 448 g/mol. The van der Waals surface area contributed by atoms with E-state index in [0.29, 0.717) is 32.3 Å². The molecule has 2 amide bonds. The van der Waals surface area contributed by atoms with Crippen LogP contribution in [0.25, 0.3) is 0 Å². The van der Waals surface area contributed by atoms with Crippen LogP contribution in [-0.2, 0) is 19.3 Å². The van der Waals surface area contributed by atoms with E-state index < -0.39 is 39.0 Å². The summed E-state index contributed by atoms with van der Waals surface area (Å²) in [5.74, 6) is -4.81. The van der Waals surface area contributed by atoms with Gasteiger partial charge in [-0.25, -0.2) is 13.0 Å². The Labute approximate surface area is 171 Å². The van der Waals surface area contributed by atoms with Gasteiger partial charge in [-0.15, -0.1) is 0 Å². The van der Waals surface area contributed by atoms with Gasteiger partial charge in [0.05, 0.1) is 15.3 Å². The second-order valence-corrected chi connectivity index (χ2v) is 11.7. The largest absolute Gasteiger partial charge is 0.375 e. The smallest absolute Gasteiger partial charge is 0.304 e. The van der Waals surface area contributed by atoms with Crippen LogP contribution in [0.4, 0.5) is 8.78 Å². The first-order chi connectivity index (χ1) is 13.6. The van der Waals surface area contributed by atoms with Crippen LogP contribution < -0.4 is 5.32 Å². The topological polar surface area (TPSA) is 97.7 Å². The minimum Gasteiger partial charge on any atom is -0.375 e. The summed E-state index contributed by atoms with van der Waals surface area (Å²) < 4.78 is 53.2. The van der Waals surface area contributed by atoms with E-state index in [4.69, 9.17) is 4.74 Å². The summed E-state index contributed by atoms with van der Waals surface area (Å²) in [5.41, 5.74) is -0.344. The van der Waals surface area contributed by atoms with Crippen molar-refractivity contribution in [1.29, 1.82) is 0 Å². The van der Waals surface area contributed by atoms with Crippen LogP contribution in [0.5, 0.6) is 0 Å². The fourth-order valence-electron chi connectivity index (χ4n) is 3.97. The zero-order valence-corrected chi connectivity index (χ0v) is 17.6. The van der Waals surface area contributed by atoms with Crippen molar-refractivity contribution in [3.63, 3.8) is 0 Å². The second-order valence-electron chi connectivity index (χ2n) is 8.15. The Morgan fingerprint density at radius 1 is 1.34 bits per heavy atom.